The van der Waals surface area contributed by atoms with Crippen LogP contribution in [0.3, 0.4) is 0 Å². The van der Waals surface area contributed by atoms with Gasteiger partial charge in [0.25, 0.3) is 5.89 Å². The molecule has 168 valence electrons. The number of methoxy groups -OCH3 is 1. The molecule has 4 aromatic rings. The summed E-state index contributed by atoms with van der Waals surface area (Å²) in [6.45, 7) is -0.232. The molecule has 10 heteroatoms. The molecule has 8 nitrogen and oxygen atoms in total. The van der Waals surface area contributed by atoms with E-state index in [0.717, 1.165) is 10.4 Å². The molecule has 2 aromatic carbocycles. The van der Waals surface area contributed by atoms with Gasteiger partial charge < -0.3 is 19.3 Å². The Morgan fingerprint density at radius 2 is 1.88 bits per heavy atom. The van der Waals surface area contributed by atoms with E-state index in [-0.39, 0.29) is 36.5 Å². The molecule has 1 N–H and O–H groups in total. The van der Waals surface area contributed by atoms with Crippen LogP contribution in [0.2, 0.25) is 0 Å². The van der Waals surface area contributed by atoms with Gasteiger partial charge in [0, 0.05) is 4.88 Å². The minimum absolute atomic E-state index is 0.0683. The highest BCUT2D eigenvalue weighted by molar-refractivity contribution is 7.17. The van der Waals surface area contributed by atoms with Crippen molar-refractivity contribution in [3.05, 3.63) is 83.1 Å². The number of hydrogen-bond acceptors (Lipinski definition) is 8. The van der Waals surface area contributed by atoms with Crippen molar-refractivity contribution in [1.82, 2.24) is 10.1 Å². The van der Waals surface area contributed by atoms with Crippen LogP contribution in [0, 0.1) is 5.82 Å². The molecule has 1 amide bonds. The van der Waals surface area contributed by atoms with Crippen LogP contribution in [-0.2, 0) is 22.6 Å². The second kappa shape index (κ2) is 10.0. The lowest BCUT2D eigenvalue weighted by atomic mass is 10.2. The fourth-order valence-corrected chi connectivity index (χ4v) is 3.83. The highest BCUT2D eigenvalue weighted by atomic mass is 32.1. The predicted octanol–water partition coefficient (Wildman–Crippen LogP) is 4.48. The van der Waals surface area contributed by atoms with E-state index in [4.69, 9.17) is 14.0 Å². The number of amides is 1. The monoisotopic (exact) mass is 467 g/mol. The van der Waals surface area contributed by atoms with Gasteiger partial charge in [-0.15, -0.1) is 11.3 Å². The summed E-state index contributed by atoms with van der Waals surface area (Å²) in [4.78, 5) is 29.9. The summed E-state index contributed by atoms with van der Waals surface area (Å²) in [5.41, 5.74) is 1.33. The summed E-state index contributed by atoms with van der Waals surface area (Å²) >= 11 is 1.23. The molecule has 2 heterocycles. The first-order valence-corrected chi connectivity index (χ1v) is 10.6. The summed E-state index contributed by atoms with van der Waals surface area (Å²) in [7, 11) is 1.51. The molecule has 0 aliphatic heterocycles. The smallest absolute Gasteiger partial charge is 0.348 e. The summed E-state index contributed by atoms with van der Waals surface area (Å²) in [6, 6.07) is 16.4. The Balaban J connectivity index is 1.30. The average Bonchev–Trinajstić information content (AvgIpc) is 3.48. The number of anilines is 1. The molecule has 0 aliphatic carbocycles. The number of ether oxygens (including phenoxy) is 2. The van der Waals surface area contributed by atoms with Crippen LogP contribution < -0.4 is 10.1 Å². The maximum Gasteiger partial charge on any atom is 0.348 e. The lowest BCUT2D eigenvalue weighted by Crippen LogP contribution is -2.15. The Labute approximate surface area is 192 Å². The third-order valence-corrected chi connectivity index (χ3v) is 5.59. The van der Waals surface area contributed by atoms with Gasteiger partial charge in [-0.05, 0) is 42.0 Å². The highest BCUT2D eigenvalue weighted by Gasteiger charge is 2.16. The Hall–Kier alpha value is -4.05. The summed E-state index contributed by atoms with van der Waals surface area (Å²) < 4.78 is 28.6. The summed E-state index contributed by atoms with van der Waals surface area (Å²) in [6.07, 6.45) is -0.124. The lowest BCUT2D eigenvalue weighted by Gasteiger charge is -2.08. The van der Waals surface area contributed by atoms with Crippen molar-refractivity contribution in [3.63, 3.8) is 0 Å². The van der Waals surface area contributed by atoms with Gasteiger partial charge in [0.15, 0.2) is 12.4 Å². The molecule has 0 spiro atoms. The molecule has 0 saturated heterocycles. The molecule has 33 heavy (non-hydrogen) atoms. The van der Waals surface area contributed by atoms with E-state index in [1.54, 1.807) is 48.5 Å². The lowest BCUT2D eigenvalue weighted by molar-refractivity contribution is -0.115. The Bertz CT molecular complexity index is 1270. The van der Waals surface area contributed by atoms with E-state index < -0.39 is 5.97 Å². The number of halogens is 1. The number of nitrogens with one attached hydrogen (secondary N) is 1. The van der Waals surface area contributed by atoms with Crippen molar-refractivity contribution in [2.75, 3.05) is 12.4 Å². The number of esters is 1. The largest absolute Gasteiger partial charge is 0.495 e. The fourth-order valence-electron chi connectivity index (χ4n) is 2.92. The maximum atomic E-state index is 13.1. The molecule has 0 saturated carbocycles. The molecule has 0 atom stereocenters. The number of benzene rings is 2. The quantitative estimate of drug-likeness (QED) is 0.381. The average molecular weight is 467 g/mol. The fraction of sp³-hybridized carbons (Fsp3) is 0.130. The molecule has 2 aromatic heterocycles. The van der Waals surface area contributed by atoms with Gasteiger partial charge in [0.1, 0.15) is 16.4 Å². The van der Waals surface area contributed by atoms with Crippen molar-refractivity contribution >= 4 is 28.9 Å². The first kappa shape index (κ1) is 22.2. The number of hydrogen-bond donors (Lipinski definition) is 1. The van der Waals surface area contributed by atoms with Gasteiger partial charge in [-0.3, -0.25) is 4.79 Å². The Morgan fingerprint density at radius 3 is 2.67 bits per heavy atom. The number of aromatic nitrogens is 2. The zero-order valence-corrected chi connectivity index (χ0v) is 18.2. The van der Waals surface area contributed by atoms with Gasteiger partial charge in [-0.1, -0.05) is 29.4 Å². The molecule has 0 unspecified atom stereocenters. The predicted molar refractivity (Wildman–Crippen MR) is 118 cm³/mol. The van der Waals surface area contributed by atoms with Gasteiger partial charge in [-0.25, -0.2) is 9.18 Å². The van der Waals surface area contributed by atoms with E-state index in [2.05, 4.69) is 15.5 Å². The molecule has 0 aliphatic rings. The number of para-hydroxylation sites is 2. The van der Waals surface area contributed by atoms with Gasteiger partial charge in [-0.2, -0.15) is 4.98 Å². The van der Waals surface area contributed by atoms with Gasteiger partial charge in [0.2, 0.25) is 5.91 Å². The molecular formula is C23H18FN3O5S. The number of thiophene rings is 1. The van der Waals surface area contributed by atoms with Crippen LogP contribution in [-0.4, -0.2) is 29.1 Å². The van der Waals surface area contributed by atoms with Gasteiger partial charge in [0.05, 0.1) is 19.2 Å². The number of rotatable bonds is 8. The molecule has 0 bridgehead atoms. The first-order valence-electron chi connectivity index (χ1n) is 9.79. The van der Waals surface area contributed by atoms with Crippen LogP contribution in [0.25, 0.3) is 10.4 Å². The van der Waals surface area contributed by atoms with Crippen LogP contribution >= 0.6 is 11.3 Å². The van der Waals surface area contributed by atoms with Crippen molar-refractivity contribution in [3.8, 4) is 16.2 Å². The summed E-state index contributed by atoms with van der Waals surface area (Å²) in [5, 5.41) is 6.46. The third-order valence-electron chi connectivity index (χ3n) is 4.47. The number of nitrogens with zero attached hydrogens (tertiary/aromatic N) is 2. The van der Waals surface area contributed by atoms with E-state index in [9.17, 15) is 14.0 Å². The van der Waals surface area contributed by atoms with Crippen LogP contribution in [0.1, 0.15) is 21.4 Å². The van der Waals surface area contributed by atoms with Crippen LogP contribution in [0.4, 0.5) is 10.1 Å². The molecule has 0 fully saturated rings. The minimum atomic E-state index is -0.554. The topological polar surface area (TPSA) is 104 Å². The number of carbonyl (C=O) groups is 2. The Morgan fingerprint density at radius 1 is 1.09 bits per heavy atom. The van der Waals surface area contributed by atoms with E-state index in [1.807, 2.05) is 0 Å². The Kier molecular flexibility index (Phi) is 6.75. The van der Waals surface area contributed by atoms with Crippen LogP contribution in [0.5, 0.6) is 5.75 Å². The number of carbonyl (C=O) groups excluding carboxylic acids is 2. The highest BCUT2D eigenvalue weighted by Crippen LogP contribution is 2.29. The molecular weight excluding hydrogens is 449 g/mol. The SMILES string of the molecule is COc1ccccc1NC(=O)Cc1noc(COC(=O)c2ccc(-c3ccc(F)cc3)s2)n1. The molecule has 4 rings (SSSR count). The zero-order chi connectivity index (χ0) is 23.2. The van der Waals surface area contributed by atoms with Crippen molar-refractivity contribution in [2.24, 2.45) is 0 Å². The van der Waals surface area contributed by atoms with Crippen molar-refractivity contribution in [1.29, 1.82) is 0 Å². The van der Waals surface area contributed by atoms with Gasteiger partial charge >= 0.3 is 5.97 Å². The normalized spacial score (nSPS) is 10.6. The maximum absolute atomic E-state index is 13.1. The minimum Gasteiger partial charge on any atom is -0.495 e. The summed E-state index contributed by atoms with van der Waals surface area (Å²) in [5.74, 6) is -0.478. The molecule has 0 radical (unpaired) electrons. The van der Waals surface area contributed by atoms with Crippen molar-refractivity contribution < 1.29 is 28.0 Å². The zero-order valence-electron chi connectivity index (χ0n) is 17.4. The van der Waals surface area contributed by atoms with Crippen molar-refractivity contribution in [2.45, 2.75) is 13.0 Å². The third kappa shape index (κ3) is 5.60. The standard InChI is InChI=1S/C23H18FN3O5S/c1-30-17-5-3-2-4-16(17)25-21(28)12-20-26-22(32-27-20)13-31-23(29)19-11-10-18(33-19)14-6-8-15(24)9-7-14/h2-11H,12-13H2,1H3,(H,25,28). The first-order chi connectivity index (χ1) is 16.0. The van der Waals surface area contributed by atoms with E-state index >= 15 is 0 Å². The second-order valence-electron chi connectivity index (χ2n) is 6.78. The second-order valence-corrected chi connectivity index (χ2v) is 7.86. The van der Waals surface area contributed by atoms with Crippen LogP contribution in [0.15, 0.2) is 65.2 Å². The van der Waals surface area contributed by atoms with E-state index in [1.165, 1.54) is 30.6 Å². The van der Waals surface area contributed by atoms with E-state index in [0.29, 0.717) is 16.3 Å².